The van der Waals surface area contributed by atoms with E-state index >= 15 is 0 Å². The van der Waals surface area contributed by atoms with Crippen LogP contribution in [0.15, 0.2) is 30.5 Å². The number of halogens is 1. The molecule has 0 bridgehead atoms. The molecule has 4 rings (SSSR count). The highest BCUT2D eigenvalue weighted by Gasteiger charge is 2.25. The average Bonchev–Trinajstić information content (AvgIpc) is 3.30. The number of carbonyl (C=O) groups is 2. The Morgan fingerprint density at radius 3 is 2.71 bits per heavy atom. The third-order valence-electron chi connectivity index (χ3n) is 5.90. The molecule has 31 heavy (non-hydrogen) atoms. The van der Waals surface area contributed by atoms with Crippen LogP contribution in [0.4, 0.5) is 11.6 Å². The van der Waals surface area contributed by atoms with Crippen molar-refractivity contribution in [2.45, 2.75) is 32.2 Å². The van der Waals surface area contributed by atoms with Gasteiger partial charge in [0.2, 0.25) is 11.9 Å². The molecule has 2 aromatic rings. The number of para-hydroxylation sites is 1. The summed E-state index contributed by atoms with van der Waals surface area (Å²) in [5, 5.41) is 3.18. The molecular formula is C22H27ClN6O2. The Labute approximate surface area is 186 Å². The number of nitrogens with one attached hydrogen (secondary N) is 1. The van der Waals surface area contributed by atoms with Gasteiger partial charge in [-0.3, -0.25) is 14.5 Å². The van der Waals surface area contributed by atoms with Crippen LogP contribution in [-0.2, 0) is 11.3 Å². The second kappa shape index (κ2) is 9.62. The molecule has 2 aliphatic rings. The van der Waals surface area contributed by atoms with E-state index in [0.717, 1.165) is 50.9 Å². The lowest BCUT2D eigenvalue weighted by molar-refractivity contribution is -0.123. The molecule has 2 aliphatic heterocycles. The van der Waals surface area contributed by atoms with E-state index in [1.165, 1.54) is 6.20 Å². The van der Waals surface area contributed by atoms with E-state index < -0.39 is 0 Å². The number of carbonyl (C=O) groups excluding carboxylic acids is 2. The van der Waals surface area contributed by atoms with Crippen LogP contribution >= 0.6 is 11.6 Å². The minimum absolute atomic E-state index is 0.126. The van der Waals surface area contributed by atoms with Gasteiger partial charge in [0.05, 0.1) is 17.1 Å². The number of hydrogen-bond donors (Lipinski definition) is 2. The van der Waals surface area contributed by atoms with Gasteiger partial charge in [-0.1, -0.05) is 29.8 Å². The van der Waals surface area contributed by atoms with Gasteiger partial charge in [0.25, 0.3) is 5.91 Å². The number of aromatic nitrogens is 2. The zero-order valence-corrected chi connectivity index (χ0v) is 18.1. The zero-order valence-electron chi connectivity index (χ0n) is 17.4. The molecule has 1 aromatic heterocycles. The molecule has 1 aromatic carbocycles. The third kappa shape index (κ3) is 5.14. The minimum atomic E-state index is -0.367. The highest BCUT2D eigenvalue weighted by Crippen LogP contribution is 2.24. The van der Waals surface area contributed by atoms with E-state index in [1.54, 1.807) is 0 Å². The van der Waals surface area contributed by atoms with E-state index in [4.69, 9.17) is 17.3 Å². The Morgan fingerprint density at radius 1 is 1.16 bits per heavy atom. The maximum Gasteiger partial charge on any atom is 0.276 e. The SMILES string of the molecule is NC(=O)C1CCCN(Cc2ccccc2NC(=O)c2nc(N3CCCC3)ncc2Cl)C1. The van der Waals surface area contributed by atoms with E-state index in [0.29, 0.717) is 24.7 Å². The smallest absolute Gasteiger partial charge is 0.276 e. The summed E-state index contributed by atoms with van der Waals surface area (Å²) in [5.74, 6) is -0.210. The van der Waals surface area contributed by atoms with Crippen molar-refractivity contribution in [2.24, 2.45) is 11.7 Å². The first kappa shape index (κ1) is 21.5. The van der Waals surface area contributed by atoms with Gasteiger partial charge in [0.1, 0.15) is 0 Å². The lowest BCUT2D eigenvalue weighted by atomic mass is 9.97. The second-order valence-corrected chi connectivity index (χ2v) is 8.56. The number of benzene rings is 1. The number of nitrogens with two attached hydrogens (primary N) is 1. The molecule has 164 valence electrons. The molecule has 2 fully saturated rings. The average molecular weight is 443 g/mol. The van der Waals surface area contributed by atoms with Crippen LogP contribution in [0.3, 0.4) is 0 Å². The largest absolute Gasteiger partial charge is 0.369 e. The van der Waals surface area contributed by atoms with Crippen molar-refractivity contribution < 1.29 is 9.59 Å². The molecule has 2 saturated heterocycles. The number of amides is 2. The topological polar surface area (TPSA) is 104 Å². The van der Waals surface area contributed by atoms with Gasteiger partial charge in [-0.25, -0.2) is 9.97 Å². The predicted octanol–water partition coefficient (Wildman–Crippen LogP) is 2.68. The van der Waals surface area contributed by atoms with Crippen molar-refractivity contribution in [1.29, 1.82) is 0 Å². The maximum atomic E-state index is 13.0. The number of piperidine rings is 1. The Morgan fingerprint density at radius 2 is 1.94 bits per heavy atom. The summed E-state index contributed by atoms with van der Waals surface area (Å²) in [7, 11) is 0. The van der Waals surface area contributed by atoms with Gasteiger partial charge in [-0.2, -0.15) is 0 Å². The Kier molecular flexibility index (Phi) is 6.67. The van der Waals surface area contributed by atoms with Crippen molar-refractivity contribution in [2.75, 3.05) is 36.4 Å². The first-order valence-electron chi connectivity index (χ1n) is 10.7. The quantitative estimate of drug-likeness (QED) is 0.712. The summed E-state index contributed by atoms with van der Waals surface area (Å²) in [4.78, 5) is 37.6. The molecule has 0 radical (unpaired) electrons. The van der Waals surface area contributed by atoms with E-state index in [-0.39, 0.29) is 28.4 Å². The Hall–Kier alpha value is -2.71. The van der Waals surface area contributed by atoms with Gasteiger partial charge in [-0.05, 0) is 43.9 Å². The first-order valence-corrected chi connectivity index (χ1v) is 11.1. The molecule has 2 amide bonds. The van der Waals surface area contributed by atoms with Crippen LogP contribution in [0.1, 0.15) is 41.7 Å². The van der Waals surface area contributed by atoms with Crippen molar-refractivity contribution in [1.82, 2.24) is 14.9 Å². The molecule has 9 heteroatoms. The van der Waals surface area contributed by atoms with E-state index in [2.05, 4.69) is 25.1 Å². The van der Waals surface area contributed by atoms with Gasteiger partial charge in [0.15, 0.2) is 5.69 Å². The lowest BCUT2D eigenvalue weighted by Gasteiger charge is -2.31. The molecule has 0 aliphatic carbocycles. The van der Waals surface area contributed by atoms with Crippen LogP contribution in [-0.4, -0.2) is 52.9 Å². The highest BCUT2D eigenvalue weighted by atomic mass is 35.5. The molecule has 0 saturated carbocycles. The first-order chi connectivity index (χ1) is 15.0. The number of nitrogens with zero attached hydrogens (tertiary/aromatic N) is 4. The number of anilines is 2. The predicted molar refractivity (Wildman–Crippen MR) is 120 cm³/mol. The highest BCUT2D eigenvalue weighted by molar-refractivity contribution is 6.34. The zero-order chi connectivity index (χ0) is 21.8. The number of rotatable bonds is 6. The number of primary amides is 1. The fraction of sp³-hybridized carbons (Fsp3) is 0.455. The number of likely N-dealkylation sites (tertiary alicyclic amines) is 1. The van der Waals surface area contributed by atoms with E-state index in [9.17, 15) is 9.59 Å². The van der Waals surface area contributed by atoms with E-state index in [1.807, 2.05) is 24.3 Å². The van der Waals surface area contributed by atoms with Gasteiger partial charge >= 0.3 is 0 Å². The van der Waals surface area contributed by atoms with Crippen LogP contribution in [0.5, 0.6) is 0 Å². The van der Waals surface area contributed by atoms with Gasteiger partial charge < -0.3 is 16.0 Å². The number of hydrogen-bond acceptors (Lipinski definition) is 6. The summed E-state index contributed by atoms with van der Waals surface area (Å²) in [6.45, 7) is 3.91. The van der Waals surface area contributed by atoms with Gasteiger partial charge in [0, 0.05) is 31.9 Å². The second-order valence-electron chi connectivity index (χ2n) is 8.15. The van der Waals surface area contributed by atoms with Crippen LogP contribution < -0.4 is 16.0 Å². The van der Waals surface area contributed by atoms with Crippen molar-refractivity contribution >= 4 is 35.1 Å². The molecule has 1 unspecified atom stereocenters. The molecule has 8 nitrogen and oxygen atoms in total. The Bertz CT molecular complexity index is 963. The van der Waals surface area contributed by atoms with Crippen LogP contribution in [0.25, 0.3) is 0 Å². The van der Waals surface area contributed by atoms with Crippen molar-refractivity contribution in [3.8, 4) is 0 Å². The summed E-state index contributed by atoms with van der Waals surface area (Å²) >= 11 is 6.25. The van der Waals surface area contributed by atoms with Crippen LogP contribution in [0, 0.1) is 5.92 Å². The summed E-state index contributed by atoms with van der Waals surface area (Å²) in [6.07, 6.45) is 5.43. The summed E-state index contributed by atoms with van der Waals surface area (Å²) in [5.41, 5.74) is 7.33. The molecule has 3 N–H and O–H groups in total. The lowest BCUT2D eigenvalue weighted by Crippen LogP contribution is -2.40. The fourth-order valence-corrected chi connectivity index (χ4v) is 4.40. The summed E-state index contributed by atoms with van der Waals surface area (Å²) < 4.78 is 0. The minimum Gasteiger partial charge on any atom is -0.369 e. The van der Waals surface area contributed by atoms with Crippen molar-refractivity contribution in [3.05, 3.63) is 46.7 Å². The maximum absolute atomic E-state index is 13.0. The van der Waals surface area contributed by atoms with Crippen LogP contribution in [0.2, 0.25) is 5.02 Å². The molecule has 1 atom stereocenters. The Balaban J connectivity index is 1.49. The normalized spacial score (nSPS) is 19.4. The van der Waals surface area contributed by atoms with Crippen molar-refractivity contribution in [3.63, 3.8) is 0 Å². The van der Waals surface area contributed by atoms with Gasteiger partial charge in [-0.15, -0.1) is 0 Å². The monoisotopic (exact) mass is 442 g/mol. The molecular weight excluding hydrogens is 416 g/mol. The molecule has 0 spiro atoms. The summed E-state index contributed by atoms with van der Waals surface area (Å²) in [6, 6.07) is 7.64. The standard InChI is InChI=1S/C22H27ClN6O2/c23-17-12-25-22(29-10-3-4-11-29)27-19(17)21(31)26-18-8-2-1-6-15(18)13-28-9-5-7-16(14-28)20(24)30/h1-2,6,8,12,16H,3-5,7,9-11,13-14H2,(H2,24,30)(H,26,31). The fourth-order valence-electron chi connectivity index (χ4n) is 4.22. The molecule has 3 heterocycles. The third-order valence-corrected chi connectivity index (χ3v) is 6.18.